The Morgan fingerprint density at radius 1 is 1.39 bits per heavy atom. The van der Waals surface area contributed by atoms with Gasteiger partial charge >= 0.3 is 6.18 Å². The maximum Gasteiger partial charge on any atom is 0.391 e. The average molecular weight is 268 g/mol. The van der Waals surface area contributed by atoms with Crippen molar-refractivity contribution < 1.29 is 17.9 Å². The minimum Gasteiger partial charge on any atom is -0.380 e. The second kappa shape index (κ2) is 6.21. The first-order chi connectivity index (χ1) is 8.33. The van der Waals surface area contributed by atoms with Crippen LogP contribution in [-0.4, -0.2) is 38.0 Å². The molecule has 1 saturated carbocycles. The second-order valence-electron chi connectivity index (χ2n) is 5.23. The van der Waals surface area contributed by atoms with Gasteiger partial charge in [-0.15, -0.1) is 0 Å². The third-order valence-corrected chi connectivity index (χ3v) is 3.96. The van der Waals surface area contributed by atoms with Crippen LogP contribution in [0.25, 0.3) is 0 Å². The van der Waals surface area contributed by atoms with Gasteiger partial charge in [-0.05, 0) is 32.6 Å². The van der Waals surface area contributed by atoms with Gasteiger partial charge < -0.3 is 15.8 Å². The van der Waals surface area contributed by atoms with Crippen molar-refractivity contribution in [1.82, 2.24) is 5.32 Å². The number of rotatable bonds is 5. The van der Waals surface area contributed by atoms with E-state index in [2.05, 4.69) is 5.32 Å². The fraction of sp³-hybridized carbons (Fsp3) is 1.00. The SMILES string of the molecule is COC(C)CNC1(CN)CCC(C(F)(F)F)CC1. The molecule has 0 amide bonds. The summed E-state index contributed by atoms with van der Waals surface area (Å²) in [5.74, 6) is -1.17. The topological polar surface area (TPSA) is 47.3 Å². The van der Waals surface area contributed by atoms with Crippen LogP contribution in [0, 0.1) is 5.92 Å². The Morgan fingerprint density at radius 3 is 2.33 bits per heavy atom. The monoisotopic (exact) mass is 268 g/mol. The Balaban J connectivity index is 2.49. The van der Waals surface area contributed by atoms with Crippen LogP contribution in [0.1, 0.15) is 32.6 Å². The lowest BCUT2D eigenvalue weighted by atomic mass is 9.76. The maximum atomic E-state index is 12.6. The van der Waals surface area contributed by atoms with Crippen molar-refractivity contribution >= 4 is 0 Å². The van der Waals surface area contributed by atoms with Gasteiger partial charge in [-0.2, -0.15) is 13.2 Å². The minimum absolute atomic E-state index is 0.0359. The van der Waals surface area contributed by atoms with Gasteiger partial charge in [0, 0.05) is 25.7 Å². The van der Waals surface area contributed by atoms with Gasteiger partial charge in [0.05, 0.1) is 12.0 Å². The van der Waals surface area contributed by atoms with Crippen molar-refractivity contribution in [3.8, 4) is 0 Å². The van der Waals surface area contributed by atoms with E-state index in [1.165, 1.54) is 0 Å². The van der Waals surface area contributed by atoms with Crippen LogP contribution < -0.4 is 11.1 Å². The summed E-state index contributed by atoms with van der Waals surface area (Å²) < 4.78 is 42.9. The van der Waals surface area contributed by atoms with Crippen molar-refractivity contribution in [3.05, 3.63) is 0 Å². The van der Waals surface area contributed by atoms with Crippen molar-refractivity contribution in [3.63, 3.8) is 0 Å². The highest BCUT2D eigenvalue weighted by molar-refractivity contribution is 4.95. The summed E-state index contributed by atoms with van der Waals surface area (Å²) in [5, 5.41) is 3.29. The van der Waals surface area contributed by atoms with Crippen LogP contribution in [0.5, 0.6) is 0 Å². The van der Waals surface area contributed by atoms with Crippen LogP contribution in [0.15, 0.2) is 0 Å². The first-order valence-corrected chi connectivity index (χ1v) is 6.37. The van der Waals surface area contributed by atoms with Gasteiger partial charge in [0.2, 0.25) is 0 Å². The summed E-state index contributed by atoms with van der Waals surface area (Å²) in [6, 6.07) is 0. The van der Waals surface area contributed by atoms with Crippen LogP contribution in [0.3, 0.4) is 0 Å². The minimum atomic E-state index is -4.07. The van der Waals surface area contributed by atoms with Crippen molar-refractivity contribution in [2.75, 3.05) is 20.2 Å². The zero-order valence-corrected chi connectivity index (χ0v) is 11.0. The van der Waals surface area contributed by atoms with Crippen LogP contribution in [-0.2, 0) is 4.74 Å². The fourth-order valence-electron chi connectivity index (χ4n) is 2.39. The van der Waals surface area contributed by atoms with Gasteiger partial charge in [-0.1, -0.05) is 0 Å². The summed E-state index contributed by atoms with van der Waals surface area (Å²) in [5.41, 5.74) is 5.38. The molecule has 0 bridgehead atoms. The van der Waals surface area contributed by atoms with Crippen LogP contribution in [0.2, 0.25) is 0 Å². The molecule has 3 nitrogen and oxygen atoms in total. The molecule has 1 aliphatic carbocycles. The summed E-state index contributed by atoms with van der Waals surface area (Å²) in [6.07, 6.45) is -2.76. The number of hydrogen-bond acceptors (Lipinski definition) is 3. The standard InChI is InChI=1S/C12H23F3N2O/c1-9(18-2)7-17-11(8-16)5-3-10(4-6-11)12(13,14)15/h9-10,17H,3-8,16H2,1-2H3. The van der Waals surface area contributed by atoms with E-state index in [1.807, 2.05) is 6.92 Å². The lowest BCUT2D eigenvalue weighted by Crippen LogP contribution is -2.55. The highest BCUT2D eigenvalue weighted by Gasteiger charge is 2.45. The normalized spacial score (nSPS) is 31.3. The summed E-state index contributed by atoms with van der Waals surface area (Å²) in [7, 11) is 1.61. The van der Waals surface area contributed by atoms with Gasteiger partial charge in [0.15, 0.2) is 0 Å². The molecule has 0 aromatic carbocycles. The molecule has 0 aromatic rings. The van der Waals surface area contributed by atoms with E-state index in [0.29, 0.717) is 25.9 Å². The third-order valence-electron chi connectivity index (χ3n) is 3.96. The van der Waals surface area contributed by atoms with E-state index in [0.717, 1.165) is 0 Å². The van der Waals surface area contributed by atoms with Crippen molar-refractivity contribution in [2.45, 2.75) is 50.4 Å². The van der Waals surface area contributed by atoms with Gasteiger partial charge in [0.1, 0.15) is 0 Å². The molecular formula is C12H23F3N2O. The Kier molecular flexibility index (Phi) is 5.43. The van der Waals surface area contributed by atoms with Gasteiger partial charge in [-0.25, -0.2) is 0 Å². The van der Waals surface area contributed by atoms with Crippen LogP contribution >= 0.6 is 0 Å². The zero-order valence-electron chi connectivity index (χ0n) is 11.0. The van der Waals surface area contributed by atoms with Crippen molar-refractivity contribution in [1.29, 1.82) is 0 Å². The quantitative estimate of drug-likeness (QED) is 0.802. The molecule has 0 heterocycles. The smallest absolute Gasteiger partial charge is 0.380 e. The molecule has 0 saturated heterocycles. The van der Waals surface area contributed by atoms with E-state index >= 15 is 0 Å². The highest BCUT2D eigenvalue weighted by Crippen LogP contribution is 2.40. The number of ether oxygens (including phenoxy) is 1. The predicted molar refractivity (Wildman–Crippen MR) is 64.3 cm³/mol. The fourth-order valence-corrected chi connectivity index (χ4v) is 2.39. The molecule has 0 aromatic heterocycles. The zero-order chi connectivity index (χ0) is 13.8. The Hall–Kier alpha value is -0.330. The third kappa shape index (κ3) is 4.10. The Labute approximate surface area is 106 Å². The predicted octanol–water partition coefficient (Wildman–Crippen LogP) is 2.06. The van der Waals surface area contributed by atoms with E-state index in [4.69, 9.17) is 10.5 Å². The molecule has 0 radical (unpaired) electrons. The maximum absolute atomic E-state index is 12.6. The lowest BCUT2D eigenvalue weighted by molar-refractivity contribution is -0.185. The molecule has 1 atom stereocenters. The molecule has 3 N–H and O–H groups in total. The molecule has 108 valence electrons. The highest BCUT2D eigenvalue weighted by atomic mass is 19.4. The Morgan fingerprint density at radius 2 is 1.94 bits per heavy atom. The molecule has 0 aliphatic heterocycles. The average Bonchev–Trinajstić information content (AvgIpc) is 2.35. The lowest BCUT2D eigenvalue weighted by Gasteiger charge is -2.41. The van der Waals surface area contributed by atoms with E-state index in [1.54, 1.807) is 7.11 Å². The van der Waals surface area contributed by atoms with E-state index in [-0.39, 0.29) is 24.5 Å². The molecule has 6 heteroatoms. The molecule has 1 rings (SSSR count). The number of alkyl halides is 3. The van der Waals surface area contributed by atoms with E-state index < -0.39 is 12.1 Å². The Bertz CT molecular complexity index is 250. The molecule has 0 spiro atoms. The first-order valence-electron chi connectivity index (χ1n) is 6.37. The largest absolute Gasteiger partial charge is 0.391 e. The summed E-state index contributed by atoms with van der Waals surface area (Å²) in [6.45, 7) is 2.90. The van der Waals surface area contributed by atoms with E-state index in [9.17, 15) is 13.2 Å². The molecule has 1 aliphatic rings. The van der Waals surface area contributed by atoms with Crippen molar-refractivity contribution in [2.24, 2.45) is 11.7 Å². The molecular weight excluding hydrogens is 245 g/mol. The molecule has 1 unspecified atom stereocenters. The summed E-state index contributed by atoms with van der Waals surface area (Å²) in [4.78, 5) is 0. The number of methoxy groups -OCH3 is 1. The molecule has 1 fully saturated rings. The number of nitrogens with one attached hydrogen (secondary N) is 1. The number of halogens is 3. The molecule has 18 heavy (non-hydrogen) atoms. The first kappa shape index (κ1) is 15.7. The number of nitrogens with two attached hydrogens (primary N) is 1. The number of hydrogen-bond donors (Lipinski definition) is 2. The second-order valence-corrected chi connectivity index (χ2v) is 5.23. The van der Waals surface area contributed by atoms with Gasteiger partial charge in [0.25, 0.3) is 0 Å². The van der Waals surface area contributed by atoms with Gasteiger partial charge in [-0.3, -0.25) is 0 Å². The summed E-state index contributed by atoms with van der Waals surface area (Å²) >= 11 is 0. The van der Waals surface area contributed by atoms with Crippen LogP contribution in [0.4, 0.5) is 13.2 Å².